The van der Waals surface area contributed by atoms with Crippen LogP contribution < -0.4 is 4.74 Å². The van der Waals surface area contributed by atoms with Gasteiger partial charge in [-0.15, -0.1) is 0 Å². The molecule has 20 heavy (non-hydrogen) atoms. The summed E-state index contributed by atoms with van der Waals surface area (Å²) in [4.78, 5) is 12.1. The van der Waals surface area contributed by atoms with Gasteiger partial charge in [0.25, 0.3) is 0 Å². The maximum Gasteiger partial charge on any atom is 0.173 e. The summed E-state index contributed by atoms with van der Waals surface area (Å²) in [7, 11) is 1.53. The van der Waals surface area contributed by atoms with Crippen molar-refractivity contribution in [3.63, 3.8) is 0 Å². The summed E-state index contributed by atoms with van der Waals surface area (Å²) in [6.07, 6.45) is 0.0842. The van der Waals surface area contributed by atoms with Crippen LogP contribution in [0, 0.1) is 11.6 Å². The zero-order valence-electron chi connectivity index (χ0n) is 10.6. The van der Waals surface area contributed by atoms with Crippen molar-refractivity contribution >= 4 is 21.7 Å². The molecule has 0 aromatic heterocycles. The number of hydrogen-bond donors (Lipinski definition) is 0. The topological polar surface area (TPSA) is 26.3 Å². The zero-order valence-corrected chi connectivity index (χ0v) is 12.2. The van der Waals surface area contributed by atoms with Gasteiger partial charge in [0, 0.05) is 12.0 Å². The summed E-state index contributed by atoms with van der Waals surface area (Å²) in [5.41, 5.74) is 0.859. The van der Waals surface area contributed by atoms with Crippen LogP contribution in [0.4, 0.5) is 8.78 Å². The van der Waals surface area contributed by atoms with E-state index in [1.807, 2.05) is 0 Å². The van der Waals surface area contributed by atoms with Crippen molar-refractivity contribution < 1.29 is 18.3 Å². The third kappa shape index (κ3) is 3.04. The standard InChI is InChI=1S/C15H11BrF2O2/c1-20-10-4-2-3-9(7-10)8-13(19)11-5-6-12(17)15(18)14(11)16/h2-7H,8H2,1H3. The molecule has 0 aliphatic carbocycles. The normalized spacial score (nSPS) is 10.4. The molecule has 5 heteroatoms. The third-order valence-electron chi connectivity index (χ3n) is 2.83. The van der Waals surface area contributed by atoms with Gasteiger partial charge < -0.3 is 4.74 Å². The molecule has 0 radical (unpaired) electrons. The number of hydrogen-bond acceptors (Lipinski definition) is 2. The molecular formula is C15H11BrF2O2. The molecule has 0 heterocycles. The summed E-state index contributed by atoms with van der Waals surface area (Å²) in [5, 5.41) is 0. The van der Waals surface area contributed by atoms with Gasteiger partial charge in [0.15, 0.2) is 17.4 Å². The molecule has 0 amide bonds. The summed E-state index contributed by atoms with van der Waals surface area (Å²) in [5.74, 6) is -1.71. The van der Waals surface area contributed by atoms with Gasteiger partial charge in [0.05, 0.1) is 11.6 Å². The second-order valence-electron chi connectivity index (χ2n) is 4.17. The van der Waals surface area contributed by atoms with Crippen LogP contribution in [0.2, 0.25) is 0 Å². The molecule has 0 bridgehead atoms. The largest absolute Gasteiger partial charge is 0.497 e. The number of ether oxygens (including phenoxy) is 1. The van der Waals surface area contributed by atoms with Crippen LogP contribution in [-0.4, -0.2) is 12.9 Å². The Morgan fingerprint density at radius 3 is 2.70 bits per heavy atom. The maximum absolute atomic E-state index is 13.4. The predicted octanol–water partition coefficient (Wildman–Crippen LogP) is 4.16. The number of Topliss-reactive ketones (excluding diaryl/α,β-unsaturated/α-hetero) is 1. The number of ketones is 1. The predicted molar refractivity (Wildman–Crippen MR) is 75.1 cm³/mol. The first-order valence-electron chi connectivity index (χ1n) is 5.82. The molecule has 0 fully saturated rings. The van der Waals surface area contributed by atoms with Crippen LogP contribution in [0.5, 0.6) is 5.75 Å². The third-order valence-corrected chi connectivity index (χ3v) is 3.61. The Bertz CT molecular complexity index is 656. The molecule has 0 aliphatic rings. The van der Waals surface area contributed by atoms with Gasteiger partial charge >= 0.3 is 0 Å². The minimum atomic E-state index is -1.05. The summed E-state index contributed by atoms with van der Waals surface area (Å²) >= 11 is 2.91. The van der Waals surface area contributed by atoms with Crippen LogP contribution in [0.3, 0.4) is 0 Å². The van der Waals surface area contributed by atoms with E-state index in [-0.39, 0.29) is 22.2 Å². The average molecular weight is 341 g/mol. The molecule has 2 rings (SSSR count). The number of methoxy groups -OCH3 is 1. The highest BCUT2D eigenvalue weighted by atomic mass is 79.9. The monoisotopic (exact) mass is 340 g/mol. The molecular weight excluding hydrogens is 330 g/mol. The van der Waals surface area contributed by atoms with E-state index in [9.17, 15) is 13.6 Å². The first-order valence-corrected chi connectivity index (χ1v) is 6.62. The van der Waals surface area contributed by atoms with Crippen molar-refractivity contribution in [3.05, 3.63) is 63.6 Å². The first kappa shape index (κ1) is 14.7. The molecule has 0 saturated heterocycles. The van der Waals surface area contributed by atoms with Crippen LogP contribution in [0.1, 0.15) is 15.9 Å². The lowest BCUT2D eigenvalue weighted by molar-refractivity contribution is 0.0991. The highest BCUT2D eigenvalue weighted by molar-refractivity contribution is 9.10. The zero-order chi connectivity index (χ0) is 14.7. The van der Waals surface area contributed by atoms with E-state index in [2.05, 4.69) is 15.9 Å². The van der Waals surface area contributed by atoms with Crippen molar-refractivity contribution in [1.82, 2.24) is 0 Å². The SMILES string of the molecule is COc1cccc(CC(=O)c2ccc(F)c(F)c2Br)c1. The lowest BCUT2D eigenvalue weighted by atomic mass is 10.0. The van der Waals surface area contributed by atoms with Gasteiger partial charge in [-0.05, 0) is 45.8 Å². The Balaban J connectivity index is 2.26. The molecule has 2 aromatic carbocycles. The first-order chi connectivity index (χ1) is 9.52. The van der Waals surface area contributed by atoms with E-state index in [1.165, 1.54) is 13.2 Å². The van der Waals surface area contributed by atoms with Crippen molar-refractivity contribution in [2.24, 2.45) is 0 Å². The summed E-state index contributed by atoms with van der Waals surface area (Å²) in [6.45, 7) is 0. The fraction of sp³-hybridized carbons (Fsp3) is 0.133. The second-order valence-corrected chi connectivity index (χ2v) is 4.97. The lowest BCUT2D eigenvalue weighted by Crippen LogP contribution is -2.06. The number of rotatable bonds is 4. The van der Waals surface area contributed by atoms with Gasteiger partial charge in [0.2, 0.25) is 0 Å². The van der Waals surface area contributed by atoms with Crippen molar-refractivity contribution in [2.75, 3.05) is 7.11 Å². The van der Waals surface area contributed by atoms with Gasteiger partial charge in [-0.2, -0.15) is 0 Å². The molecule has 2 nitrogen and oxygen atoms in total. The minimum Gasteiger partial charge on any atom is -0.497 e. The van der Waals surface area contributed by atoms with Crippen molar-refractivity contribution in [3.8, 4) is 5.75 Å². The van der Waals surface area contributed by atoms with E-state index < -0.39 is 11.6 Å². The molecule has 104 valence electrons. The van der Waals surface area contributed by atoms with Crippen LogP contribution in [0.15, 0.2) is 40.9 Å². The minimum absolute atomic E-state index is 0.0842. The molecule has 0 unspecified atom stereocenters. The van der Waals surface area contributed by atoms with Crippen LogP contribution >= 0.6 is 15.9 Å². The lowest BCUT2D eigenvalue weighted by Gasteiger charge is -2.07. The van der Waals surface area contributed by atoms with Gasteiger partial charge in [-0.1, -0.05) is 12.1 Å². The highest BCUT2D eigenvalue weighted by Crippen LogP contribution is 2.24. The molecule has 0 aliphatic heterocycles. The van der Waals surface area contributed by atoms with Gasteiger partial charge in [-0.25, -0.2) is 8.78 Å². The molecule has 0 N–H and O–H groups in total. The molecule has 0 saturated carbocycles. The maximum atomic E-state index is 13.4. The number of benzene rings is 2. The Kier molecular flexibility index (Phi) is 4.49. The smallest absolute Gasteiger partial charge is 0.173 e. The Hall–Kier alpha value is -1.75. The molecule has 0 spiro atoms. The summed E-state index contributed by atoms with van der Waals surface area (Å²) < 4.78 is 31.4. The number of halogens is 3. The fourth-order valence-electron chi connectivity index (χ4n) is 1.80. The van der Waals surface area contributed by atoms with E-state index in [4.69, 9.17) is 4.74 Å². The highest BCUT2D eigenvalue weighted by Gasteiger charge is 2.17. The van der Waals surface area contributed by atoms with Crippen LogP contribution in [-0.2, 0) is 6.42 Å². The van der Waals surface area contributed by atoms with Crippen molar-refractivity contribution in [1.29, 1.82) is 0 Å². The Labute approximate surface area is 123 Å². The van der Waals surface area contributed by atoms with Crippen LogP contribution in [0.25, 0.3) is 0 Å². The number of carbonyl (C=O) groups excluding carboxylic acids is 1. The average Bonchev–Trinajstić information content (AvgIpc) is 2.45. The second kappa shape index (κ2) is 6.13. The quantitative estimate of drug-likeness (QED) is 0.617. The van der Waals surface area contributed by atoms with E-state index in [0.29, 0.717) is 5.75 Å². The summed E-state index contributed by atoms with van der Waals surface area (Å²) in [6, 6.07) is 9.24. The number of carbonyl (C=O) groups is 1. The van der Waals surface area contributed by atoms with E-state index in [1.54, 1.807) is 24.3 Å². The Morgan fingerprint density at radius 2 is 2.00 bits per heavy atom. The Morgan fingerprint density at radius 1 is 1.25 bits per heavy atom. The van der Waals surface area contributed by atoms with E-state index >= 15 is 0 Å². The van der Waals surface area contributed by atoms with Crippen molar-refractivity contribution in [2.45, 2.75) is 6.42 Å². The molecule has 2 aromatic rings. The molecule has 0 atom stereocenters. The van der Waals surface area contributed by atoms with E-state index in [0.717, 1.165) is 11.6 Å². The fourth-order valence-corrected chi connectivity index (χ4v) is 2.35. The van der Waals surface area contributed by atoms with Gasteiger partial charge in [0.1, 0.15) is 5.75 Å². The van der Waals surface area contributed by atoms with Gasteiger partial charge in [-0.3, -0.25) is 4.79 Å².